The maximum atomic E-state index is 12.9. The van der Waals surface area contributed by atoms with Crippen LogP contribution < -0.4 is 10.6 Å². The molecule has 0 saturated carbocycles. The summed E-state index contributed by atoms with van der Waals surface area (Å²) in [7, 11) is 0. The van der Waals surface area contributed by atoms with E-state index in [9.17, 15) is 9.59 Å². The summed E-state index contributed by atoms with van der Waals surface area (Å²) in [5.74, 6) is -0.712. The summed E-state index contributed by atoms with van der Waals surface area (Å²) in [5, 5.41) is 15.4. The Morgan fingerprint density at radius 1 is 1.10 bits per heavy atom. The molecule has 2 N–H and O–H groups in total. The SMILES string of the molecule is CCC(C)C(NC(=O)/C=C/c1ccccc1)C(=O)Nc1nnc(-c2ccc(Cl)cc2)s1. The lowest BCUT2D eigenvalue weighted by Gasteiger charge is -2.22. The summed E-state index contributed by atoms with van der Waals surface area (Å²) in [6.45, 7) is 3.89. The van der Waals surface area contributed by atoms with Gasteiger partial charge in [-0.3, -0.25) is 14.9 Å². The third-order valence-corrected chi connectivity index (χ3v) is 5.91. The van der Waals surface area contributed by atoms with Gasteiger partial charge in [-0.1, -0.05) is 85.7 Å². The second-order valence-corrected chi connectivity index (χ2v) is 8.44. The highest BCUT2D eigenvalue weighted by molar-refractivity contribution is 7.18. The second-order valence-electron chi connectivity index (χ2n) is 7.02. The van der Waals surface area contributed by atoms with Crippen LogP contribution in [0.5, 0.6) is 0 Å². The van der Waals surface area contributed by atoms with Crippen LogP contribution in [-0.4, -0.2) is 28.1 Å². The molecule has 2 amide bonds. The standard InChI is InChI=1S/C23H23ClN4O2S/c1-3-15(2)20(25-19(29)14-9-16-7-5-4-6-8-16)21(30)26-23-28-27-22(31-23)17-10-12-18(24)13-11-17/h4-15,20H,3H2,1-2H3,(H,25,29)(H,26,28,30)/b14-9+. The zero-order valence-corrected chi connectivity index (χ0v) is 18.8. The maximum absolute atomic E-state index is 12.9. The van der Waals surface area contributed by atoms with Crippen molar-refractivity contribution in [2.45, 2.75) is 26.3 Å². The number of hydrogen-bond donors (Lipinski definition) is 2. The summed E-state index contributed by atoms with van der Waals surface area (Å²) in [4.78, 5) is 25.3. The highest BCUT2D eigenvalue weighted by atomic mass is 35.5. The van der Waals surface area contributed by atoms with E-state index in [1.807, 2.05) is 56.3 Å². The average molecular weight is 455 g/mol. The van der Waals surface area contributed by atoms with Crippen molar-refractivity contribution < 1.29 is 9.59 Å². The molecular formula is C23H23ClN4O2S. The number of hydrogen-bond acceptors (Lipinski definition) is 5. The fourth-order valence-electron chi connectivity index (χ4n) is 2.81. The molecular weight excluding hydrogens is 432 g/mol. The Labute approximate surface area is 190 Å². The Balaban J connectivity index is 1.66. The van der Waals surface area contributed by atoms with E-state index < -0.39 is 6.04 Å². The molecule has 0 saturated heterocycles. The number of carbonyl (C=O) groups is 2. The number of halogens is 1. The molecule has 0 bridgehead atoms. The molecule has 160 valence electrons. The molecule has 2 atom stereocenters. The van der Waals surface area contributed by atoms with Crippen molar-refractivity contribution in [1.82, 2.24) is 15.5 Å². The molecule has 0 aliphatic heterocycles. The van der Waals surface area contributed by atoms with Crippen molar-refractivity contribution in [2.75, 3.05) is 5.32 Å². The molecule has 0 aliphatic rings. The number of nitrogens with zero attached hydrogens (tertiary/aromatic N) is 2. The third-order valence-electron chi connectivity index (χ3n) is 4.77. The van der Waals surface area contributed by atoms with Gasteiger partial charge in [-0.15, -0.1) is 10.2 Å². The Hall–Kier alpha value is -3.03. The van der Waals surface area contributed by atoms with E-state index >= 15 is 0 Å². The zero-order chi connectivity index (χ0) is 22.2. The minimum absolute atomic E-state index is 0.0577. The van der Waals surface area contributed by atoms with Gasteiger partial charge < -0.3 is 5.32 Å². The maximum Gasteiger partial charge on any atom is 0.249 e. The van der Waals surface area contributed by atoms with E-state index in [0.29, 0.717) is 15.2 Å². The quantitative estimate of drug-likeness (QED) is 0.467. The molecule has 3 rings (SSSR count). The number of nitrogens with one attached hydrogen (secondary N) is 2. The Kier molecular flexibility index (Phi) is 7.92. The van der Waals surface area contributed by atoms with Crippen LogP contribution in [0.4, 0.5) is 5.13 Å². The van der Waals surface area contributed by atoms with Crippen LogP contribution in [0.2, 0.25) is 5.02 Å². The Morgan fingerprint density at radius 2 is 1.81 bits per heavy atom. The molecule has 2 unspecified atom stereocenters. The molecule has 6 nitrogen and oxygen atoms in total. The van der Waals surface area contributed by atoms with Gasteiger partial charge >= 0.3 is 0 Å². The Morgan fingerprint density at radius 3 is 2.48 bits per heavy atom. The first-order chi connectivity index (χ1) is 15.0. The summed E-state index contributed by atoms with van der Waals surface area (Å²) in [6, 6.07) is 16.0. The molecule has 1 heterocycles. The topological polar surface area (TPSA) is 84.0 Å². The van der Waals surface area contributed by atoms with Gasteiger partial charge in [0.15, 0.2) is 0 Å². The van der Waals surface area contributed by atoms with Crippen LogP contribution in [0.15, 0.2) is 60.7 Å². The van der Waals surface area contributed by atoms with Crippen molar-refractivity contribution in [1.29, 1.82) is 0 Å². The van der Waals surface area contributed by atoms with Gasteiger partial charge in [0.2, 0.25) is 16.9 Å². The molecule has 0 aliphatic carbocycles. The molecule has 0 spiro atoms. The van der Waals surface area contributed by atoms with E-state index in [1.165, 1.54) is 17.4 Å². The van der Waals surface area contributed by atoms with Crippen LogP contribution in [0.1, 0.15) is 25.8 Å². The smallest absolute Gasteiger partial charge is 0.249 e. The van der Waals surface area contributed by atoms with Crippen LogP contribution in [0.3, 0.4) is 0 Å². The van der Waals surface area contributed by atoms with Crippen LogP contribution in [0.25, 0.3) is 16.6 Å². The summed E-state index contributed by atoms with van der Waals surface area (Å²) in [6.07, 6.45) is 3.87. The lowest BCUT2D eigenvalue weighted by Crippen LogP contribution is -2.47. The van der Waals surface area contributed by atoms with Gasteiger partial charge in [-0.2, -0.15) is 0 Å². The number of carbonyl (C=O) groups excluding carboxylic acids is 2. The fourth-order valence-corrected chi connectivity index (χ4v) is 3.68. The number of amides is 2. The first-order valence-corrected chi connectivity index (χ1v) is 11.1. The van der Waals surface area contributed by atoms with Crippen molar-refractivity contribution in [3.63, 3.8) is 0 Å². The number of rotatable bonds is 8. The summed E-state index contributed by atoms with van der Waals surface area (Å²) < 4.78 is 0. The molecule has 2 aromatic carbocycles. The predicted octanol–water partition coefficient (Wildman–Crippen LogP) is 5.04. The molecule has 31 heavy (non-hydrogen) atoms. The normalized spacial score (nSPS) is 13.0. The van der Waals surface area contributed by atoms with Gasteiger partial charge in [0, 0.05) is 16.7 Å². The highest BCUT2D eigenvalue weighted by Crippen LogP contribution is 2.27. The highest BCUT2D eigenvalue weighted by Gasteiger charge is 2.26. The number of anilines is 1. The average Bonchev–Trinajstić information content (AvgIpc) is 3.25. The van der Waals surface area contributed by atoms with Crippen LogP contribution in [0, 0.1) is 5.92 Å². The molecule has 3 aromatic rings. The largest absolute Gasteiger partial charge is 0.340 e. The van der Waals surface area contributed by atoms with Gasteiger partial charge in [0.1, 0.15) is 11.0 Å². The fraction of sp³-hybridized carbons (Fsp3) is 0.217. The second kappa shape index (κ2) is 10.8. The summed E-state index contributed by atoms with van der Waals surface area (Å²) in [5.41, 5.74) is 1.77. The minimum atomic E-state index is -0.694. The first-order valence-electron chi connectivity index (χ1n) is 9.90. The lowest BCUT2D eigenvalue weighted by molar-refractivity contribution is -0.125. The van der Waals surface area contributed by atoms with Crippen molar-refractivity contribution in [3.8, 4) is 10.6 Å². The van der Waals surface area contributed by atoms with E-state index in [4.69, 9.17) is 11.6 Å². The molecule has 0 radical (unpaired) electrons. The number of aromatic nitrogens is 2. The third kappa shape index (κ3) is 6.47. The van der Waals surface area contributed by atoms with E-state index in [-0.39, 0.29) is 17.7 Å². The van der Waals surface area contributed by atoms with Gasteiger partial charge in [-0.05, 0) is 29.7 Å². The van der Waals surface area contributed by atoms with Crippen LogP contribution >= 0.6 is 22.9 Å². The van der Waals surface area contributed by atoms with Crippen molar-refractivity contribution >= 4 is 46.0 Å². The predicted molar refractivity (Wildman–Crippen MR) is 126 cm³/mol. The lowest BCUT2D eigenvalue weighted by atomic mass is 9.98. The van der Waals surface area contributed by atoms with Crippen molar-refractivity contribution in [3.05, 3.63) is 71.3 Å². The number of benzene rings is 2. The van der Waals surface area contributed by atoms with Gasteiger partial charge in [-0.25, -0.2) is 0 Å². The minimum Gasteiger partial charge on any atom is -0.340 e. The van der Waals surface area contributed by atoms with Gasteiger partial charge in [0.05, 0.1) is 0 Å². The molecule has 8 heteroatoms. The van der Waals surface area contributed by atoms with E-state index in [0.717, 1.165) is 17.5 Å². The van der Waals surface area contributed by atoms with E-state index in [1.54, 1.807) is 18.2 Å². The first kappa shape index (κ1) is 22.7. The molecule has 1 aromatic heterocycles. The monoisotopic (exact) mass is 454 g/mol. The van der Waals surface area contributed by atoms with E-state index in [2.05, 4.69) is 20.8 Å². The Bertz CT molecular complexity index is 1050. The summed E-state index contributed by atoms with van der Waals surface area (Å²) >= 11 is 7.18. The molecule has 0 fully saturated rings. The van der Waals surface area contributed by atoms with Crippen LogP contribution in [-0.2, 0) is 9.59 Å². The van der Waals surface area contributed by atoms with Gasteiger partial charge in [0.25, 0.3) is 0 Å². The van der Waals surface area contributed by atoms with Crippen molar-refractivity contribution in [2.24, 2.45) is 5.92 Å². The zero-order valence-electron chi connectivity index (χ0n) is 17.2.